The molecule has 10 rings (SSSR count). The summed E-state index contributed by atoms with van der Waals surface area (Å²) in [4.78, 5) is 2.43. The van der Waals surface area contributed by atoms with Gasteiger partial charge in [-0.05, 0) is 54.1 Å². The van der Waals surface area contributed by atoms with Gasteiger partial charge in [0.1, 0.15) is 16.7 Å². The van der Waals surface area contributed by atoms with Crippen molar-refractivity contribution in [3.05, 3.63) is 152 Å². The molecule has 3 aromatic heterocycles. The van der Waals surface area contributed by atoms with Crippen molar-refractivity contribution in [1.29, 1.82) is 0 Å². The zero-order valence-corrected chi connectivity index (χ0v) is 25.4. The van der Waals surface area contributed by atoms with Crippen LogP contribution in [-0.4, -0.2) is 0 Å². The van der Waals surface area contributed by atoms with Gasteiger partial charge in [-0.2, -0.15) is 0 Å². The van der Waals surface area contributed by atoms with Crippen LogP contribution < -0.4 is 4.90 Å². The Kier molecular flexibility index (Phi) is 5.45. The molecule has 0 fully saturated rings. The number of hydrogen-bond donors (Lipinski definition) is 0. The van der Waals surface area contributed by atoms with E-state index in [1.165, 1.54) is 20.2 Å². The van der Waals surface area contributed by atoms with Crippen LogP contribution in [0.5, 0.6) is 0 Å². The van der Waals surface area contributed by atoms with E-state index in [9.17, 15) is 0 Å². The van der Waals surface area contributed by atoms with E-state index in [2.05, 4.69) is 138 Å². The molecule has 0 aliphatic carbocycles. The van der Waals surface area contributed by atoms with Crippen LogP contribution in [0.15, 0.2) is 160 Å². The van der Waals surface area contributed by atoms with Gasteiger partial charge in [0.2, 0.25) is 0 Å². The number of rotatable bonds is 4. The minimum Gasteiger partial charge on any atom is -0.456 e. The Hall–Kier alpha value is -5.84. The van der Waals surface area contributed by atoms with Gasteiger partial charge in [0.15, 0.2) is 5.58 Å². The number of nitrogens with zero attached hydrogens (tertiary/aromatic N) is 1. The van der Waals surface area contributed by atoms with Crippen molar-refractivity contribution in [2.75, 3.05) is 4.90 Å². The van der Waals surface area contributed by atoms with Crippen molar-refractivity contribution in [3.63, 3.8) is 0 Å². The normalized spacial score (nSPS) is 11.9. The molecular formula is C42H25NO2S. The molecule has 0 saturated carbocycles. The first-order chi connectivity index (χ1) is 22.8. The second-order valence-corrected chi connectivity index (χ2v) is 12.7. The van der Waals surface area contributed by atoms with E-state index in [1.54, 1.807) is 0 Å². The smallest absolute Gasteiger partial charge is 0.160 e. The Bertz CT molecular complexity index is 2650. The predicted molar refractivity (Wildman–Crippen MR) is 194 cm³/mol. The second-order valence-electron chi connectivity index (χ2n) is 11.6. The lowest BCUT2D eigenvalue weighted by Crippen LogP contribution is -2.12. The van der Waals surface area contributed by atoms with Crippen molar-refractivity contribution in [1.82, 2.24) is 0 Å². The van der Waals surface area contributed by atoms with Crippen molar-refractivity contribution < 1.29 is 8.83 Å². The standard InChI is InChI=1S/C42H25NO2S/c1-2-12-26(13-3-1)27-24-25-29-28-14-4-7-19-34(28)45-42(29)41(27)43(32-17-10-21-36-39(32)30-15-5-8-20-35(30)44-36)33-18-11-23-38-40(33)31-16-6-9-22-37(31)46-38/h1-25H. The van der Waals surface area contributed by atoms with Gasteiger partial charge in [-0.25, -0.2) is 0 Å². The third-order valence-corrected chi connectivity index (χ3v) is 10.2. The molecule has 0 radical (unpaired) electrons. The predicted octanol–water partition coefficient (Wildman–Crippen LogP) is 13.0. The Morgan fingerprint density at radius 1 is 0.413 bits per heavy atom. The molecule has 0 saturated heterocycles. The van der Waals surface area contributed by atoms with E-state index in [-0.39, 0.29) is 0 Å². The highest BCUT2D eigenvalue weighted by molar-refractivity contribution is 7.26. The van der Waals surface area contributed by atoms with Crippen molar-refractivity contribution >= 4 is 92.4 Å². The minimum atomic E-state index is 0.851. The summed E-state index contributed by atoms with van der Waals surface area (Å²) in [6, 6.07) is 53.5. The second kappa shape index (κ2) is 9.83. The van der Waals surface area contributed by atoms with E-state index >= 15 is 0 Å². The van der Waals surface area contributed by atoms with Gasteiger partial charge in [0, 0.05) is 41.9 Å². The molecule has 3 heterocycles. The van der Waals surface area contributed by atoms with Gasteiger partial charge in [0.05, 0.1) is 22.4 Å². The first-order valence-corrected chi connectivity index (χ1v) is 16.3. The lowest BCUT2D eigenvalue weighted by Gasteiger charge is -2.29. The van der Waals surface area contributed by atoms with Gasteiger partial charge in [-0.3, -0.25) is 0 Å². The molecule has 0 spiro atoms. The van der Waals surface area contributed by atoms with E-state index in [1.807, 2.05) is 29.5 Å². The first kappa shape index (κ1) is 25.5. The summed E-state index contributed by atoms with van der Waals surface area (Å²) in [6.07, 6.45) is 0. The molecule has 0 amide bonds. The zero-order valence-electron chi connectivity index (χ0n) is 24.6. The molecule has 46 heavy (non-hydrogen) atoms. The monoisotopic (exact) mass is 607 g/mol. The summed E-state index contributed by atoms with van der Waals surface area (Å²) in [5.74, 6) is 0. The molecule has 0 N–H and O–H groups in total. The van der Waals surface area contributed by atoms with E-state index in [0.29, 0.717) is 0 Å². The van der Waals surface area contributed by atoms with Crippen molar-refractivity contribution in [2.45, 2.75) is 0 Å². The zero-order chi connectivity index (χ0) is 30.2. The molecule has 7 aromatic carbocycles. The highest BCUT2D eigenvalue weighted by Gasteiger charge is 2.28. The van der Waals surface area contributed by atoms with Crippen LogP contribution in [0.4, 0.5) is 17.1 Å². The number of hydrogen-bond acceptors (Lipinski definition) is 4. The Morgan fingerprint density at radius 2 is 1.04 bits per heavy atom. The summed E-state index contributed by atoms with van der Waals surface area (Å²) in [5, 5.41) is 6.80. The Labute approximate surface area is 268 Å². The fourth-order valence-corrected chi connectivity index (χ4v) is 8.23. The summed E-state index contributed by atoms with van der Waals surface area (Å²) >= 11 is 1.83. The van der Waals surface area contributed by atoms with Crippen molar-refractivity contribution in [2.24, 2.45) is 0 Å². The molecule has 0 bridgehead atoms. The lowest BCUT2D eigenvalue weighted by atomic mass is 9.98. The maximum Gasteiger partial charge on any atom is 0.160 e. The van der Waals surface area contributed by atoms with Crippen LogP contribution in [0.2, 0.25) is 0 Å². The van der Waals surface area contributed by atoms with E-state index in [0.717, 1.165) is 72.1 Å². The Morgan fingerprint density at radius 3 is 1.89 bits per heavy atom. The molecule has 0 atom stereocenters. The molecule has 10 aromatic rings. The number of thiophene rings is 1. The number of furan rings is 2. The maximum atomic E-state index is 6.87. The summed E-state index contributed by atoms with van der Waals surface area (Å²) in [7, 11) is 0. The minimum absolute atomic E-state index is 0.851. The topological polar surface area (TPSA) is 29.5 Å². The van der Waals surface area contributed by atoms with Crippen LogP contribution in [0.25, 0.3) is 75.2 Å². The third-order valence-electron chi connectivity index (χ3n) is 9.07. The van der Waals surface area contributed by atoms with Gasteiger partial charge in [-0.1, -0.05) is 103 Å². The van der Waals surface area contributed by atoms with Crippen LogP contribution in [-0.2, 0) is 0 Å². The fraction of sp³-hybridized carbons (Fsp3) is 0. The van der Waals surface area contributed by atoms with Crippen LogP contribution in [0.3, 0.4) is 0 Å². The van der Waals surface area contributed by atoms with Crippen LogP contribution in [0, 0.1) is 0 Å². The van der Waals surface area contributed by atoms with Crippen LogP contribution in [0.1, 0.15) is 0 Å². The summed E-state index contributed by atoms with van der Waals surface area (Å²) in [6.45, 7) is 0. The number of fused-ring (bicyclic) bond motifs is 9. The van der Waals surface area contributed by atoms with E-state index in [4.69, 9.17) is 8.83 Å². The number of anilines is 3. The summed E-state index contributed by atoms with van der Waals surface area (Å²) < 4.78 is 15.8. The Balaban J connectivity index is 1.43. The maximum absolute atomic E-state index is 6.87. The van der Waals surface area contributed by atoms with Gasteiger partial charge in [-0.15, -0.1) is 11.3 Å². The van der Waals surface area contributed by atoms with Gasteiger partial charge in [0.25, 0.3) is 0 Å². The highest BCUT2D eigenvalue weighted by atomic mass is 32.1. The van der Waals surface area contributed by atoms with Gasteiger partial charge < -0.3 is 13.7 Å². The number of para-hydroxylation sites is 2. The lowest BCUT2D eigenvalue weighted by molar-refractivity contribution is 0.668. The largest absolute Gasteiger partial charge is 0.456 e. The SMILES string of the molecule is c1ccc(-c2ccc3c(oc4ccccc43)c2N(c2cccc3oc4ccccc4c23)c2cccc3sc4ccccc4c23)cc1. The average Bonchev–Trinajstić information content (AvgIpc) is 3.80. The van der Waals surface area contributed by atoms with Crippen molar-refractivity contribution in [3.8, 4) is 11.1 Å². The molecule has 216 valence electrons. The average molecular weight is 608 g/mol. The molecule has 4 heteroatoms. The molecule has 3 nitrogen and oxygen atoms in total. The van der Waals surface area contributed by atoms with E-state index < -0.39 is 0 Å². The highest BCUT2D eigenvalue weighted by Crippen LogP contribution is 2.52. The molecule has 0 aliphatic heterocycles. The molecule has 0 aliphatic rings. The molecule has 0 unspecified atom stereocenters. The van der Waals surface area contributed by atoms with Gasteiger partial charge >= 0.3 is 0 Å². The first-order valence-electron chi connectivity index (χ1n) is 15.4. The van der Waals surface area contributed by atoms with Crippen LogP contribution >= 0.6 is 11.3 Å². The molecular weight excluding hydrogens is 583 g/mol. The quantitative estimate of drug-likeness (QED) is 0.199. The third kappa shape index (κ3) is 3.65. The number of benzene rings is 7. The summed E-state index contributed by atoms with van der Waals surface area (Å²) in [5.41, 5.74) is 8.79. The fourth-order valence-electron chi connectivity index (χ4n) is 7.10.